The standard InChI is InChI=1S/C10H16O/c1-6-7-8(11)10(4,5)9(7,2)3/h6H,1-5H3/b7-6-. The lowest BCUT2D eigenvalue weighted by molar-refractivity contribution is -0.139. The fraction of sp³-hybridized carbons (Fsp3) is 0.700. The molecule has 1 rings (SSSR count). The van der Waals surface area contributed by atoms with Crippen molar-refractivity contribution in [3.05, 3.63) is 11.6 Å². The van der Waals surface area contributed by atoms with Crippen molar-refractivity contribution >= 4 is 5.78 Å². The first-order chi connectivity index (χ1) is 4.85. The summed E-state index contributed by atoms with van der Waals surface area (Å²) in [6.45, 7) is 10.2. The van der Waals surface area contributed by atoms with E-state index in [0.717, 1.165) is 5.57 Å². The van der Waals surface area contributed by atoms with Gasteiger partial charge in [0.1, 0.15) is 0 Å². The number of hydrogen-bond acceptors (Lipinski definition) is 1. The van der Waals surface area contributed by atoms with Crippen LogP contribution >= 0.6 is 0 Å². The van der Waals surface area contributed by atoms with E-state index < -0.39 is 0 Å². The molecule has 1 nitrogen and oxygen atoms in total. The van der Waals surface area contributed by atoms with Gasteiger partial charge in [-0.05, 0) is 12.5 Å². The van der Waals surface area contributed by atoms with Crippen LogP contribution in [0.15, 0.2) is 11.6 Å². The summed E-state index contributed by atoms with van der Waals surface area (Å²) in [6.07, 6.45) is 1.94. The van der Waals surface area contributed by atoms with E-state index >= 15 is 0 Å². The number of Topliss-reactive ketones (excluding diaryl/α,β-unsaturated/α-hetero) is 1. The van der Waals surface area contributed by atoms with Crippen LogP contribution in [0.25, 0.3) is 0 Å². The van der Waals surface area contributed by atoms with Crippen LogP contribution < -0.4 is 0 Å². The van der Waals surface area contributed by atoms with Gasteiger partial charge in [0, 0.05) is 10.8 Å². The van der Waals surface area contributed by atoms with E-state index in [9.17, 15) is 4.79 Å². The molecule has 0 aromatic heterocycles. The van der Waals surface area contributed by atoms with Crippen LogP contribution in [0.1, 0.15) is 34.6 Å². The number of ketones is 1. The van der Waals surface area contributed by atoms with E-state index in [1.807, 2.05) is 26.8 Å². The summed E-state index contributed by atoms with van der Waals surface area (Å²) in [5.41, 5.74) is 0.899. The van der Waals surface area contributed by atoms with Crippen molar-refractivity contribution < 1.29 is 4.79 Å². The second-order valence-corrected chi connectivity index (χ2v) is 4.28. The smallest absolute Gasteiger partial charge is 0.165 e. The van der Waals surface area contributed by atoms with Crippen molar-refractivity contribution in [2.45, 2.75) is 34.6 Å². The van der Waals surface area contributed by atoms with Crippen LogP contribution in [0.5, 0.6) is 0 Å². The van der Waals surface area contributed by atoms with Gasteiger partial charge in [0.05, 0.1) is 0 Å². The molecular formula is C10H16O. The highest BCUT2D eigenvalue weighted by Gasteiger charge is 2.57. The van der Waals surface area contributed by atoms with Gasteiger partial charge in [-0.25, -0.2) is 0 Å². The average molecular weight is 152 g/mol. The molecule has 0 aromatic rings. The third-order valence-electron chi connectivity index (χ3n) is 3.34. The molecule has 0 bridgehead atoms. The third kappa shape index (κ3) is 0.741. The van der Waals surface area contributed by atoms with Gasteiger partial charge in [0.25, 0.3) is 0 Å². The predicted octanol–water partition coefficient (Wildman–Crippen LogP) is 2.57. The number of rotatable bonds is 0. The zero-order chi connectivity index (χ0) is 8.86. The minimum Gasteiger partial charge on any atom is -0.294 e. The van der Waals surface area contributed by atoms with Gasteiger partial charge in [-0.1, -0.05) is 33.8 Å². The molecule has 1 aliphatic rings. The Bertz CT molecular complexity index is 231. The van der Waals surface area contributed by atoms with Crippen molar-refractivity contribution in [1.82, 2.24) is 0 Å². The molecule has 0 atom stereocenters. The van der Waals surface area contributed by atoms with Gasteiger partial charge in [0.15, 0.2) is 5.78 Å². The van der Waals surface area contributed by atoms with Gasteiger partial charge in [-0.3, -0.25) is 4.79 Å². The second-order valence-electron chi connectivity index (χ2n) is 4.28. The molecule has 0 radical (unpaired) electrons. The van der Waals surface area contributed by atoms with E-state index in [1.54, 1.807) is 0 Å². The Morgan fingerprint density at radius 3 is 1.73 bits per heavy atom. The van der Waals surface area contributed by atoms with Crippen molar-refractivity contribution in [2.24, 2.45) is 10.8 Å². The van der Waals surface area contributed by atoms with Crippen molar-refractivity contribution in [2.75, 3.05) is 0 Å². The number of carbonyl (C=O) groups is 1. The number of hydrogen-bond donors (Lipinski definition) is 0. The molecule has 0 spiro atoms. The molecule has 1 aliphatic carbocycles. The van der Waals surface area contributed by atoms with Crippen LogP contribution in [-0.4, -0.2) is 5.78 Å². The molecule has 62 valence electrons. The maximum Gasteiger partial charge on any atom is 0.165 e. The molecular weight excluding hydrogens is 136 g/mol. The minimum atomic E-state index is -0.158. The largest absolute Gasteiger partial charge is 0.294 e. The Morgan fingerprint density at radius 2 is 1.55 bits per heavy atom. The van der Waals surface area contributed by atoms with Crippen molar-refractivity contribution in [3.63, 3.8) is 0 Å². The molecule has 1 saturated carbocycles. The molecule has 0 N–H and O–H groups in total. The first-order valence-electron chi connectivity index (χ1n) is 4.07. The lowest BCUT2D eigenvalue weighted by Gasteiger charge is -2.52. The van der Waals surface area contributed by atoms with Gasteiger partial charge in [-0.15, -0.1) is 0 Å². The monoisotopic (exact) mass is 152 g/mol. The van der Waals surface area contributed by atoms with Gasteiger partial charge in [-0.2, -0.15) is 0 Å². The fourth-order valence-corrected chi connectivity index (χ4v) is 1.67. The Balaban J connectivity index is 3.08. The zero-order valence-corrected chi connectivity index (χ0v) is 7.99. The van der Waals surface area contributed by atoms with E-state index in [0.29, 0.717) is 5.78 Å². The number of carbonyl (C=O) groups excluding carboxylic acids is 1. The first-order valence-corrected chi connectivity index (χ1v) is 4.07. The highest BCUT2D eigenvalue weighted by Crippen LogP contribution is 2.56. The molecule has 0 amide bonds. The normalized spacial score (nSPS) is 30.3. The average Bonchev–Trinajstić information content (AvgIpc) is 1.88. The van der Waals surface area contributed by atoms with Crippen LogP contribution in [-0.2, 0) is 4.79 Å². The SMILES string of the molecule is C/C=C1/C(=O)C(C)(C)C1(C)C. The van der Waals surface area contributed by atoms with Crippen LogP contribution in [0.3, 0.4) is 0 Å². The summed E-state index contributed by atoms with van der Waals surface area (Å²) >= 11 is 0. The molecule has 0 unspecified atom stereocenters. The molecule has 0 heterocycles. The fourth-order valence-electron chi connectivity index (χ4n) is 1.67. The summed E-state index contributed by atoms with van der Waals surface area (Å²) in [7, 11) is 0. The molecule has 0 saturated heterocycles. The molecule has 1 fully saturated rings. The summed E-state index contributed by atoms with van der Waals surface area (Å²) in [6, 6.07) is 0. The Hall–Kier alpha value is -0.590. The Labute approximate surface area is 68.5 Å². The van der Waals surface area contributed by atoms with Crippen LogP contribution in [0.4, 0.5) is 0 Å². The predicted molar refractivity (Wildman–Crippen MR) is 46.3 cm³/mol. The van der Waals surface area contributed by atoms with E-state index in [2.05, 4.69) is 13.8 Å². The topological polar surface area (TPSA) is 17.1 Å². The zero-order valence-electron chi connectivity index (χ0n) is 7.99. The molecule has 1 heteroatoms. The van der Waals surface area contributed by atoms with E-state index in [4.69, 9.17) is 0 Å². The number of allylic oxidation sites excluding steroid dienone is 2. The molecule has 11 heavy (non-hydrogen) atoms. The maximum atomic E-state index is 11.5. The van der Waals surface area contributed by atoms with Gasteiger partial charge in [0.2, 0.25) is 0 Å². The minimum absolute atomic E-state index is 0.0683. The highest BCUT2D eigenvalue weighted by atomic mass is 16.1. The highest BCUT2D eigenvalue weighted by molar-refractivity contribution is 6.08. The lowest BCUT2D eigenvalue weighted by atomic mass is 9.49. The summed E-state index contributed by atoms with van der Waals surface area (Å²) < 4.78 is 0. The van der Waals surface area contributed by atoms with E-state index in [-0.39, 0.29) is 10.8 Å². The third-order valence-corrected chi connectivity index (χ3v) is 3.34. The van der Waals surface area contributed by atoms with Crippen molar-refractivity contribution in [3.8, 4) is 0 Å². The summed E-state index contributed by atoms with van der Waals surface area (Å²) in [5, 5.41) is 0. The van der Waals surface area contributed by atoms with Crippen LogP contribution in [0.2, 0.25) is 0 Å². The van der Waals surface area contributed by atoms with Crippen molar-refractivity contribution in [1.29, 1.82) is 0 Å². The van der Waals surface area contributed by atoms with Gasteiger partial charge >= 0.3 is 0 Å². The lowest BCUT2D eigenvalue weighted by Crippen LogP contribution is -2.54. The first kappa shape index (κ1) is 8.51. The van der Waals surface area contributed by atoms with Crippen LogP contribution in [0, 0.1) is 10.8 Å². The second kappa shape index (κ2) is 1.96. The van der Waals surface area contributed by atoms with E-state index in [1.165, 1.54) is 0 Å². The maximum absolute atomic E-state index is 11.5. The Morgan fingerprint density at radius 1 is 1.09 bits per heavy atom. The summed E-state index contributed by atoms with van der Waals surface area (Å²) in [4.78, 5) is 11.5. The molecule has 0 aliphatic heterocycles. The quantitative estimate of drug-likeness (QED) is 0.487. The molecule has 0 aromatic carbocycles. The summed E-state index contributed by atoms with van der Waals surface area (Å²) in [5.74, 6) is 0.310. The van der Waals surface area contributed by atoms with Gasteiger partial charge < -0.3 is 0 Å². The Kier molecular flexibility index (Phi) is 1.52.